The minimum atomic E-state index is 0.405. The lowest BCUT2D eigenvalue weighted by Crippen LogP contribution is -1.89. The Morgan fingerprint density at radius 1 is 1.37 bits per heavy atom. The minimum Gasteiger partial charge on any atom is -0.492 e. The summed E-state index contributed by atoms with van der Waals surface area (Å²) in [6.45, 7) is 2.80. The normalized spacial score (nSPS) is 13.7. The summed E-state index contributed by atoms with van der Waals surface area (Å²) in [5.41, 5.74) is 8.94. The van der Waals surface area contributed by atoms with Crippen molar-refractivity contribution in [3.63, 3.8) is 0 Å². The van der Waals surface area contributed by atoms with Gasteiger partial charge in [-0.1, -0.05) is 5.16 Å². The molecule has 3 aromatic rings. The molecule has 5 heteroatoms. The number of fused-ring (bicyclic) bond motifs is 3. The van der Waals surface area contributed by atoms with Gasteiger partial charge in [0.25, 0.3) is 0 Å². The van der Waals surface area contributed by atoms with Crippen molar-refractivity contribution in [2.45, 2.75) is 13.3 Å². The van der Waals surface area contributed by atoms with Gasteiger partial charge in [-0.05, 0) is 25.1 Å². The molecule has 0 fully saturated rings. The van der Waals surface area contributed by atoms with Crippen LogP contribution in [0.4, 0.5) is 5.82 Å². The Hall–Kier alpha value is -2.01. The van der Waals surface area contributed by atoms with Gasteiger partial charge in [0, 0.05) is 27.3 Å². The van der Waals surface area contributed by atoms with Crippen molar-refractivity contribution in [1.29, 1.82) is 0 Å². The first-order valence-electron chi connectivity index (χ1n) is 6.14. The maximum Gasteiger partial charge on any atom is 0.178 e. The first-order valence-corrected chi connectivity index (χ1v) is 6.96. The third-order valence-electron chi connectivity index (χ3n) is 3.45. The summed E-state index contributed by atoms with van der Waals surface area (Å²) in [7, 11) is 0. The van der Waals surface area contributed by atoms with Crippen molar-refractivity contribution in [2.24, 2.45) is 0 Å². The molecule has 96 valence electrons. The maximum absolute atomic E-state index is 5.86. The van der Waals surface area contributed by atoms with Gasteiger partial charge < -0.3 is 15.0 Å². The predicted octanol–water partition coefficient (Wildman–Crippen LogP) is 3.38. The van der Waals surface area contributed by atoms with Gasteiger partial charge in [-0.15, -0.1) is 11.3 Å². The van der Waals surface area contributed by atoms with Crippen LogP contribution in [0.15, 0.2) is 22.7 Å². The number of nitrogens with zero attached hydrogens (tertiary/aromatic N) is 1. The SMILES string of the molecule is Cc1ccc(-c2cc3onc(N)c3c3c2CCO3)s1. The fourth-order valence-electron chi connectivity index (χ4n) is 2.60. The van der Waals surface area contributed by atoms with Crippen LogP contribution in [-0.4, -0.2) is 11.8 Å². The third kappa shape index (κ3) is 1.48. The van der Waals surface area contributed by atoms with Crippen LogP contribution < -0.4 is 10.5 Å². The Labute approximate surface area is 113 Å². The molecule has 1 aliphatic heterocycles. The average Bonchev–Trinajstić information content (AvgIpc) is 3.08. The minimum absolute atomic E-state index is 0.405. The summed E-state index contributed by atoms with van der Waals surface area (Å²) < 4.78 is 11.0. The highest BCUT2D eigenvalue weighted by atomic mass is 32.1. The average molecular weight is 272 g/mol. The number of nitrogen functional groups attached to an aromatic ring is 1. The van der Waals surface area contributed by atoms with Crippen LogP contribution in [0.25, 0.3) is 21.4 Å². The van der Waals surface area contributed by atoms with E-state index in [0.29, 0.717) is 18.0 Å². The van der Waals surface area contributed by atoms with E-state index in [2.05, 4.69) is 24.2 Å². The molecule has 0 spiro atoms. The lowest BCUT2D eigenvalue weighted by Gasteiger charge is -2.06. The molecule has 0 unspecified atom stereocenters. The van der Waals surface area contributed by atoms with Gasteiger partial charge in [0.15, 0.2) is 11.4 Å². The molecule has 0 amide bonds. The van der Waals surface area contributed by atoms with Crippen molar-refractivity contribution < 1.29 is 9.26 Å². The summed E-state index contributed by atoms with van der Waals surface area (Å²) >= 11 is 1.77. The quantitative estimate of drug-likeness (QED) is 0.737. The number of benzene rings is 1. The Balaban J connectivity index is 2.07. The van der Waals surface area contributed by atoms with Crippen molar-refractivity contribution in [2.75, 3.05) is 12.3 Å². The van der Waals surface area contributed by atoms with Crippen LogP contribution in [0.1, 0.15) is 10.4 Å². The molecule has 19 heavy (non-hydrogen) atoms. The second-order valence-electron chi connectivity index (χ2n) is 4.68. The Bertz CT molecular complexity index is 788. The molecule has 1 aromatic carbocycles. The Morgan fingerprint density at radius 2 is 2.26 bits per heavy atom. The molecule has 0 saturated heterocycles. The summed E-state index contributed by atoms with van der Waals surface area (Å²) in [5, 5.41) is 4.65. The highest BCUT2D eigenvalue weighted by Gasteiger charge is 2.25. The summed E-state index contributed by atoms with van der Waals surface area (Å²) in [6.07, 6.45) is 0.905. The number of aryl methyl sites for hydroxylation is 1. The molecule has 3 heterocycles. The molecule has 4 nitrogen and oxygen atoms in total. The largest absolute Gasteiger partial charge is 0.492 e. The molecule has 2 N–H and O–H groups in total. The van der Waals surface area contributed by atoms with Crippen LogP contribution in [0, 0.1) is 6.92 Å². The zero-order chi connectivity index (χ0) is 13.0. The van der Waals surface area contributed by atoms with Crippen LogP contribution in [0.5, 0.6) is 5.75 Å². The van der Waals surface area contributed by atoms with Crippen LogP contribution in [-0.2, 0) is 6.42 Å². The number of ether oxygens (including phenoxy) is 1. The fraction of sp³-hybridized carbons (Fsp3) is 0.214. The molecule has 0 radical (unpaired) electrons. The zero-order valence-electron chi connectivity index (χ0n) is 10.4. The summed E-state index contributed by atoms with van der Waals surface area (Å²) in [6, 6.07) is 6.29. The van der Waals surface area contributed by atoms with E-state index in [9.17, 15) is 0 Å². The summed E-state index contributed by atoms with van der Waals surface area (Å²) in [4.78, 5) is 2.52. The molecule has 1 aliphatic rings. The van der Waals surface area contributed by atoms with E-state index >= 15 is 0 Å². The van der Waals surface area contributed by atoms with Gasteiger partial charge in [-0.25, -0.2) is 0 Å². The van der Waals surface area contributed by atoms with Crippen molar-refractivity contribution in [3.05, 3.63) is 28.6 Å². The van der Waals surface area contributed by atoms with E-state index in [4.69, 9.17) is 15.0 Å². The van der Waals surface area contributed by atoms with E-state index in [1.807, 2.05) is 6.07 Å². The number of rotatable bonds is 1. The Kier molecular flexibility index (Phi) is 2.14. The Morgan fingerprint density at radius 3 is 3.05 bits per heavy atom. The highest BCUT2D eigenvalue weighted by molar-refractivity contribution is 7.15. The highest BCUT2D eigenvalue weighted by Crippen LogP contribution is 2.44. The van der Waals surface area contributed by atoms with Crippen molar-refractivity contribution in [3.8, 4) is 16.2 Å². The molecule has 2 aromatic heterocycles. The lowest BCUT2D eigenvalue weighted by molar-refractivity contribution is 0.360. The number of hydrogen-bond donors (Lipinski definition) is 1. The third-order valence-corrected chi connectivity index (χ3v) is 4.48. The number of anilines is 1. The van der Waals surface area contributed by atoms with E-state index < -0.39 is 0 Å². The van der Waals surface area contributed by atoms with Gasteiger partial charge >= 0.3 is 0 Å². The van der Waals surface area contributed by atoms with Gasteiger partial charge in [0.2, 0.25) is 0 Å². The summed E-state index contributed by atoms with van der Waals surface area (Å²) in [5.74, 6) is 1.25. The van der Waals surface area contributed by atoms with Gasteiger partial charge in [0.1, 0.15) is 11.1 Å². The second-order valence-corrected chi connectivity index (χ2v) is 5.97. The lowest BCUT2D eigenvalue weighted by atomic mass is 10.0. The van der Waals surface area contributed by atoms with E-state index in [1.54, 1.807) is 11.3 Å². The molecular weight excluding hydrogens is 260 g/mol. The van der Waals surface area contributed by atoms with E-state index in [0.717, 1.165) is 17.6 Å². The van der Waals surface area contributed by atoms with E-state index in [-0.39, 0.29) is 0 Å². The monoisotopic (exact) mass is 272 g/mol. The molecule has 0 atom stereocenters. The van der Waals surface area contributed by atoms with Gasteiger partial charge in [-0.3, -0.25) is 0 Å². The molecule has 0 aliphatic carbocycles. The fourth-order valence-corrected chi connectivity index (χ4v) is 3.51. The van der Waals surface area contributed by atoms with E-state index in [1.165, 1.54) is 20.9 Å². The van der Waals surface area contributed by atoms with Crippen LogP contribution >= 0.6 is 11.3 Å². The first kappa shape index (κ1) is 10.9. The topological polar surface area (TPSA) is 61.3 Å². The molecular formula is C14H12N2O2S. The zero-order valence-corrected chi connectivity index (χ0v) is 11.2. The molecule has 0 bridgehead atoms. The van der Waals surface area contributed by atoms with Gasteiger partial charge in [-0.2, -0.15) is 0 Å². The molecule has 4 rings (SSSR count). The maximum atomic E-state index is 5.86. The number of nitrogens with two attached hydrogens (primary N) is 1. The van der Waals surface area contributed by atoms with Gasteiger partial charge in [0.05, 0.1) is 6.61 Å². The molecule has 0 saturated carbocycles. The standard InChI is InChI=1S/C14H12N2O2S/c1-7-2-3-11(19-7)9-6-10-12(14(15)16-18-10)13-8(9)4-5-17-13/h2-3,6H,4-5H2,1H3,(H2,15,16). The first-order chi connectivity index (χ1) is 9.24. The van der Waals surface area contributed by atoms with Crippen LogP contribution in [0.2, 0.25) is 0 Å². The van der Waals surface area contributed by atoms with Crippen molar-refractivity contribution in [1.82, 2.24) is 5.16 Å². The number of thiophene rings is 1. The smallest absolute Gasteiger partial charge is 0.178 e. The van der Waals surface area contributed by atoms with Crippen LogP contribution in [0.3, 0.4) is 0 Å². The number of hydrogen-bond acceptors (Lipinski definition) is 5. The second kappa shape index (κ2) is 3.74. The van der Waals surface area contributed by atoms with Crippen molar-refractivity contribution >= 4 is 28.1 Å². The number of aromatic nitrogens is 1. The predicted molar refractivity (Wildman–Crippen MR) is 75.7 cm³/mol.